The number of benzene rings is 2. The molecule has 1 heterocycles. The van der Waals surface area contributed by atoms with Crippen LogP contribution in [-0.4, -0.2) is 20.8 Å². The molecular weight excluding hydrogens is 298 g/mol. The van der Waals surface area contributed by atoms with Gasteiger partial charge in [0.15, 0.2) is 0 Å². The maximum Gasteiger partial charge on any atom is 0.0991 e. The van der Waals surface area contributed by atoms with Gasteiger partial charge in [-0.2, -0.15) is 0 Å². The Morgan fingerprint density at radius 1 is 1.17 bits per heavy atom. The quantitative estimate of drug-likeness (QED) is 0.776. The molecule has 4 rings (SSSR count). The van der Waals surface area contributed by atoms with E-state index in [-0.39, 0.29) is 18.2 Å². The molecule has 4 heteroatoms. The lowest BCUT2D eigenvalue weighted by Gasteiger charge is -2.23. The zero-order valence-electron chi connectivity index (χ0n) is 13.6. The number of aromatic nitrogens is 2. The van der Waals surface area contributed by atoms with Crippen LogP contribution in [0.25, 0.3) is 5.69 Å². The van der Waals surface area contributed by atoms with Gasteiger partial charge in [0, 0.05) is 30.5 Å². The molecule has 0 fully saturated rings. The van der Waals surface area contributed by atoms with Crippen molar-refractivity contribution < 1.29 is 5.11 Å². The number of imidazole rings is 1. The molecule has 1 aromatic heterocycles. The second kappa shape index (κ2) is 6.23. The number of fused-ring (bicyclic) bond motifs is 1. The molecule has 0 bridgehead atoms. The van der Waals surface area contributed by atoms with Crippen LogP contribution in [-0.2, 0) is 6.42 Å². The molecule has 24 heavy (non-hydrogen) atoms. The molecule has 0 saturated heterocycles. The van der Waals surface area contributed by atoms with Crippen LogP contribution in [0.5, 0.6) is 0 Å². The lowest BCUT2D eigenvalue weighted by molar-refractivity contribution is 0.136. The molecule has 0 saturated carbocycles. The van der Waals surface area contributed by atoms with Crippen molar-refractivity contribution in [2.45, 2.75) is 31.5 Å². The summed E-state index contributed by atoms with van der Waals surface area (Å²) in [6.45, 7) is 2.14. The fourth-order valence-corrected chi connectivity index (χ4v) is 3.49. The third kappa shape index (κ3) is 2.75. The topological polar surface area (TPSA) is 50.1 Å². The molecule has 2 aromatic carbocycles. The smallest absolute Gasteiger partial charge is 0.0991 e. The zero-order chi connectivity index (χ0) is 16.5. The Bertz CT molecular complexity index is 811. The molecule has 3 unspecified atom stereocenters. The molecule has 3 aromatic rings. The summed E-state index contributed by atoms with van der Waals surface area (Å²) in [6.07, 6.45) is 5.86. The Hall–Kier alpha value is -2.43. The Balaban J connectivity index is 1.51. The summed E-state index contributed by atoms with van der Waals surface area (Å²) >= 11 is 0. The monoisotopic (exact) mass is 319 g/mol. The largest absolute Gasteiger partial charge is 0.391 e. The number of nitrogens with zero attached hydrogens (tertiary/aromatic N) is 2. The second-order valence-corrected chi connectivity index (χ2v) is 6.40. The minimum atomic E-state index is -0.366. The normalized spacial score (nSPS) is 20.8. The van der Waals surface area contributed by atoms with Crippen LogP contribution in [0.1, 0.15) is 35.7 Å². The third-order valence-corrected chi connectivity index (χ3v) is 4.83. The first kappa shape index (κ1) is 15.1. The van der Waals surface area contributed by atoms with Crippen molar-refractivity contribution in [3.05, 3.63) is 83.9 Å². The molecular formula is C20H21N3O. The van der Waals surface area contributed by atoms with Crippen LogP contribution < -0.4 is 5.32 Å². The van der Waals surface area contributed by atoms with Crippen molar-refractivity contribution in [2.24, 2.45) is 0 Å². The minimum Gasteiger partial charge on any atom is -0.391 e. The van der Waals surface area contributed by atoms with E-state index >= 15 is 0 Å². The van der Waals surface area contributed by atoms with Crippen molar-refractivity contribution in [2.75, 3.05) is 0 Å². The molecule has 0 amide bonds. The maximum atomic E-state index is 10.4. The fraction of sp³-hybridized carbons (Fsp3) is 0.250. The van der Waals surface area contributed by atoms with Gasteiger partial charge in [0.1, 0.15) is 0 Å². The molecule has 2 N–H and O–H groups in total. The molecule has 122 valence electrons. The van der Waals surface area contributed by atoms with Crippen LogP contribution in [0.15, 0.2) is 67.3 Å². The highest BCUT2D eigenvalue weighted by atomic mass is 16.3. The molecule has 4 nitrogen and oxygen atoms in total. The summed E-state index contributed by atoms with van der Waals surface area (Å²) in [5.74, 6) is 0. The summed E-state index contributed by atoms with van der Waals surface area (Å²) in [6, 6.07) is 16.9. The number of nitrogens with one attached hydrogen (secondary N) is 1. The van der Waals surface area contributed by atoms with E-state index in [9.17, 15) is 5.11 Å². The summed E-state index contributed by atoms with van der Waals surface area (Å²) in [4.78, 5) is 4.08. The Morgan fingerprint density at radius 2 is 1.96 bits per heavy atom. The Labute approximate surface area is 141 Å². The van der Waals surface area contributed by atoms with Gasteiger partial charge in [0.05, 0.1) is 18.5 Å². The molecule has 1 aliphatic carbocycles. The molecule has 1 aliphatic rings. The third-order valence-electron chi connectivity index (χ3n) is 4.83. The van der Waals surface area contributed by atoms with Crippen molar-refractivity contribution in [3.8, 4) is 5.69 Å². The highest BCUT2D eigenvalue weighted by Gasteiger charge is 2.31. The van der Waals surface area contributed by atoms with Crippen molar-refractivity contribution in [3.63, 3.8) is 0 Å². The van der Waals surface area contributed by atoms with Crippen molar-refractivity contribution >= 4 is 0 Å². The molecule has 0 radical (unpaired) electrons. The van der Waals surface area contributed by atoms with E-state index in [1.807, 2.05) is 22.9 Å². The summed E-state index contributed by atoms with van der Waals surface area (Å²) in [7, 11) is 0. The van der Waals surface area contributed by atoms with Gasteiger partial charge in [-0.1, -0.05) is 36.4 Å². The summed E-state index contributed by atoms with van der Waals surface area (Å²) < 4.78 is 1.98. The lowest BCUT2D eigenvalue weighted by Crippen LogP contribution is -2.30. The summed E-state index contributed by atoms with van der Waals surface area (Å²) in [5.41, 5.74) is 4.75. The first-order valence-electron chi connectivity index (χ1n) is 8.32. The van der Waals surface area contributed by atoms with E-state index in [0.717, 1.165) is 12.1 Å². The Kier molecular flexibility index (Phi) is 3.92. The van der Waals surface area contributed by atoms with Gasteiger partial charge in [-0.15, -0.1) is 0 Å². The SMILES string of the molecule is CC(NC1c2ccccc2CC1O)c1ccc(-n2ccnc2)cc1. The molecule has 3 atom stereocenters. The van der Waals surface area contributed by atoms with Gasteiger partial charge in [-0.25, -0.2) is 4.98 Å². The average molecular weight is 319 g/mol. The van der Waals surface area contributed by atoms with Gasteiger partial charge < -0.3 is 15.0 Å². The van der Waals surface area contributed by atoms with E-state index in [2.05, 4.69) is 53.6 Å². The van der Waals surface area contributed by atoms with Crippen LogP contribution >= 0.6 is 0 Å². The fourth-order valence-electron chi connectivity index (χ4n) is 3.49. The van der Waals surface area contributed by atoms with Gasteiger partial charge in [-0.05, 0) is 35.7 Å². The standard InChI is InChI=1S/C20H21N3O/c1-14(15-6-8-17(9-7-15)23-11-10-21-13-23)22-20-18-5-3-2-4-16(18)12-19(20)24/h2-11,13-14,19-20,22,24H,12H2,1H3. The maximum absolute atomic E-state index is 10.4. The predicted octanol–water partition coefficient (Wildman–Crippen LogP) is 3.18. The van der Waals surface area contributed by atoms with E-state index in [0.29, 0.717) is 0 Å². The number of aliphatic hydroxyl groups excluding tert-OH is 1. The molecule has 0 aliphatic heterocycles. The first-order chi connectivity index (χ1) is 11.7. The second-order valence-electron chi connectivity index (χ2n) is 6.40. The van der Waals surface area contributed by atoms with Crippen molar-refractivity contribution in [1.82, 2.24) is 14.9 Å². The number of aliphatic hydroxyl groups is 1. The van der Waals surface area contributed by atoms with Crippen molar-refractivity contribution in [1.29, 1.82) is 0 Å². The predicted molar refractivity (Wildman–Crippen MR) is 94.0 cm³/mol. The van der Waals surface area contributed by atoms with E-state index in [1.54, 1.807) is 12.5 Å². The van der Waals surface area contributed by atoms with Crippen LogP contribution in [0.3, 0.4) is 0 Å². The first-order valence-corrected chi connectivity index (χ1v) is 8.32. The van der Waals surface area contributed by atoms with Gasteiger partial charge >= 0.3 is 0 Å². The average Bonchev–Trinajstić information content (AvgIpc) is 3.24. The van der Waals surface area contributed by atoms with Gasteiger partial charge in [0.25, 0.3) is 0 Å². The van der Waals surface area contributed by atoms with E-state index in [1.165, 1.54) is 16.7 Å². The minimum absolute atomic E-state index is 0.00970. The van der Waals surface area contributed by atoms with E-state index < -0.39 is 0 Å². The number of hydrogen-bond donors (Lipinski definition) is 2. The summed E-state index contributed by atoms with van der Waals surface area (Å²) in [5, 5.41) is 14.0. The number of rotatable bonds is 4. The van der Waals surface area contributed by atoms with Gasteiger partial charge in [-0.3, -0.25) is 0 Å². The van der Waals surface area contributed by atoms with Crippen LogP contribution in [0.4, 0.5) is 0 Å². The van der Waals surface area contributed by atoms with Crippen LogP contribution in [0.2, 0.25) is 0 Å². The highest BCUT2D eigenvalue weighted by molar-refractivity contribution is 5.38. The van der Waals surface area contributed by atoms with Crippen LogP contribution in [0, 0.1) is 0 Å². The lowest BCUT2D eigenvalue weighted by atomic mass is 10.0. The number of hydrogen-bond acceptors (Lipinski definition) is 3. The highest BCUT2D eigenvalue weighted by Crippen LogP contribution is 2.33. The zero-order valence-corrected chi connectivity index (χ0v) is 13.6. The Morgan fingerprint density at radius 3 is 2.71 bits per heavy atom. The van der Waals surface area contributed by atoms with Gasteiger partial charge in [0.2, 0.25) is 0 Å². The van der Waals surface area contributed by atoms with E-state index in [4.69, 9.17) is 0 Å². The molecule has 0 spiro atoms.